The first kappa shape index (κ1) is 87.3. The van der Waals surface area contributed by atoms with Crippen molar-refractivity contribution >= 4 is 0 Å². The van der Waals surface area contributed by atoms with E-state index in [4.69, 9.17) is 0 Å². The Bertz CT molecular complexity index is 7460. The van der Waals surface area contributed by atoms with Crippen LogP contribution in [0.15, 0.2) is 400 Å². The van der Waals surface area contributed by atoms with Crippen LogP contribution in [0.5, 0.6) is 0 Å². The largest absolute Gasteiger partial charge is 0.0622 e. The molecule has 18 aromatic rings. The number of rotatable bonds is 6. The molecule has 0 N–H and O–H groups in total. The molecule has 0 saturated carbocycles. The van der Waals surface area contributed by atoms with E-state index in [-0.39, 0.29) is 32.5 Å². The first-order valence-corrected chi connectivity index (χ1v) is 47.4. The average Bonchev–Trinajstić information content (AvgIpc) is 1.57. The van der Waals surface area contributed by atoms with E-state index >= 15 is 0 Å². The summed E-state index contributed by atoms with van der Waals surface area (Å²) in [5.41, 5.74) is 58.5. The second kappa shape index (κ2) is 34.4. The van der Waals surface area contributed by atoms with Crippen LogP contribution in [0.4, 0.5) is 0 Å². The van der Waals surface area contributed by atoms with Crippen molar-refractivity contribution in [2.24, 2.45) is 0 Å². The van der Waals surface area contributed by atoms with Crippen molar-refractivity contribution in [3.63, 3.8) is 0 Å². The molecule has 0 unspecified atom stereocenters. The van der Waals surface area contributed by atoms with Gasteiger partial charge in [-0.1, -0.05) is 482 Å². The Morgan fingerprint density at radius 3 is 0.939 bits per heavy atom. The van der Waals surface area contributed by atoms with Crippen LogP contribution in [-0.4, -0.2) is 0 Å². The van der Waals surface area contributed by atoms with Gasteiger partial charge in [0.05, 0.1) is 0 Å². The Hall–Kier alpha value is -14.0. The van der Waals surface area contributed by atoms with E-state index in [0.29, 0.717) is 0 Å². The first-order chi connectivity index (χ1) is 63.6. The maximum absolute atomic E-state index is 2.39. The van der Waals surface area contributed by atoms with Gasteiger partial charge in [0.1, 0.15) is 0 Å². The minimum atomic E-state index is 0.0702. The topological polar surface area (TPSA) is 0 Å². The van der Waals surface area contributed by atoms with Gasteiger partial charge in [0, 0.05) is 32.5 Å². The second-order valence-electron chi connectivity index (χ2n) is 40.5. The van der Waals surface area contributed by atoms with Gasteiger partial charge in [0.25, 0.3) is 0 Å². The Morgan fingerprint density at radius 2 is 0.417 bits per heavy atom. The lowest BCUT2D eigenvalue weighted by molar-refractivity contribution is 0.656. The molecule has 0 spiro atoms. The van der Waals surface area contributed by atoms with Crippen LogP contribution in [-0.2, 0) is 32.5 Å². The molecule has 0 aromatic heterocycles. The molecule has 0 radical (unpaired) electrons. The molecule has 24 rings (SSSR count). The van der Waals surface area contributed by atoms with E-state index in [2.05, 4.69) is 525 Å². The molecule has 0 aliphatic heterocycles. The normalized spacial score (nSPS) is 14.5. The highest BCUT2D eigenvalue weighted by Gasteiger charge is 2.43. The predicted octanol–water partition coefficient (Wildman–Crippen LogP) is 35.8. The molecule has 0 atom stereocenters. The number of fused-ring (bicyclic) bond motifs is 18. The first-order valence-electron chi connectivity index (χ1n) is 47.4. The van der Waals surface area contributed by atoms with Gasteiger partial charge in [-0.15, -0.1) is 0 Å². The zero-order valence-corrected chi connectivity index (χ0v) is 80.1. The van der Waals surface area contributed by atoms with Crippen LogP contribution < -0.4 is 0 Å². The number of benzene rings is 18. The molecule has 0 heteroatoms. The fourth-order valence-electron chi connectivity index (χ4n) is 23.0. The summed E-state index contributed by atoms with van der Waals surface area (Å²) >= 11 is 0. The van der Waals surface area contributed by atoms with Gasteiger partial charge in [-0.05, 0) is 276 Å². The molecule has 18 aromatic carbocycles. The zero-order chi connectivity index (χ0) is 91.9. The fourth-order valence-corrected chi connectivity index (χ4v) is 23.0. The van der Waals surface area contributed by atoms with Crippen LogP contribution in [0, 0.1) is 41.5 Å². The smallest absolute Gasteiger partial charge is 0.0161 e. The van der Waals surface area contributed by atoms with Crippen molar-refractivity contribution in [3.8, 4) is 134 Å². The summed E-state index contributed by atoms with van der Waals surface area (Å²) in [6.07, 6.45) is 0. The molecule has 0 fully saturated rings. The molecule has 132 heavy (non-hydrogen) atoms. The minimum Gasteiger partial charge on any atom is -0.0622 e. The molecule has 0 heterocycles. The zero-order valence-electron chi connectivity index (χ0n) is 80.1. The van der Waals surface area contributed by atoms with Crippen LogP contribution in [0.1, 0.15) is 183 Å². The molecule has 0 saturated heterocycles. The van der Waals surface area contributed by atoms with Crippen LogP contribution in [0.2, 0.25) is 0 Å². The van der Waals surface area contributed by atoms with E-state index in [1.807, 2.05) is 0 Å². The fraction of sp³-hybridized carbons (Fsp3) is 0.182. The standard InChI is InChI=1S/6C22H20/c1-15-8-6-9-16(14-15)17-11-7-13-20-21(17)18-10-4-5-12-19(18)22(20,2)3;1-15-9-4-5-10-16(15)17-12-8-14-20-21(17)18-11-6-7-13-19(18)22(20,2)3;1-15-8-4-5-9-17(15)16-12-13-19-18-10-6-7-11-20(18)22(2,3)21(19)14-16;1-15-11-13-16(14-12-15)17-8-6-10-20-21(17)18-7-4-5-9-19(18)22(20,2)3;1-15-8-7-11-19-21(15)18-13-12-17(14-20(18)22(19,2)3)16-9-5-4-6-10-16;1-15-13-14-17(16-9-5-4-6-10-16)20-18-11-7-8-12-19(18)22(2,3)21(15)20/h6*4-14H,1-3H3. The Kier molecular flexibility index (Phi) is 22.7. The van der Waals surface area contributed by atoms with Gasteiger partial charge >= 0.3 is 0 Å². The Labute approximate surface area is 785 Å². The van der Waals surface area contributed by atoms with E-state index in [1.54, 1.807) is 0 Å². The van der Waals surface area contributed by atoms with Crippen LogP contribution >= 0.6 is 0 Å². The third kappa shape index (κ3) is 15.2. The van der Waals surface area contributed by atoms with Crippen molar-refractivity contribution in [2.45, 2.75) is 157 Å². The monoisotopic (exact) mass is 1700 g/mol. The molecular formula is C132H120. The van der Waals surface area contributed by atoms with E-state index in [0.717, 1.165) is 0 Å². The Morgan fingerprint density at radius 1 is 0.129 bits per heavy atom. The maximum atomic E-state index is 2.39. The lowest BCUT2D eigenvalue weighted by Crippen LogP contribution is -2.16. The van der Waals surface area contributed by atoms with Gasteiger partial charge in [0.2, 0.25) is 0 Å². The summed E-state index contributed by atoms with van der Waals surface area (Å²) in [6.45, 7) is 41.2. The van der Waals surface area contributed by atoms with Crippen molar-refractivity contribution in [1.82, 2.24) is 0 Å². The summed E-state index contributed by atoms with van der Waals surface area (Å²) in [5, 5.41) is 0. The van der Waals surface area contributed by atoms with Gasteiger partial charge in [-0.2, -0.15) is 0 Å². The third-order valence-electron chi connectivity index (χ3n) is 30.0. The highest BCUT2D eigenvalue weighted by Crippen LogP contribution is 2.59. The van der Waals surface area contributed by atoms with Gasteiger partial charge < -0.3 is 0 Å². The summed E-state index contributed by atoms with van der Waals surface area (Å²) in [6, 6.07) is 146. The highest BCUT2D eigenvalue weighted by molar-refractivity contribution is 5.98. The predicted molar refractivity (Wildman–Crippen MR) is 565 cm³/mol. The quantitative estimate of drug-likeness (QED) is 0.156. The van der Waals surface area contributed by atoms with Crippen molar-refractivity contribution in [2.75, 3.05) is 0 Å². The maximum Gasteiger partial charge on any atom is 0.0161 e. The number of aryl methyl sites for hydroxylation is 6. The summed E-state index contributed by atoms with van der Waals surface area (Å²) in [4.78, 5) is 0. The molecule has 0 nitrogen and oxygen atoms in total. The molecule has 0 bridgehead atoms. The molecular weight excluding hydrogens is 1590 g/mol. The molecule has 6 aliphatic carbocycles. The van der Waals surface area contributed by atoms with Gasteiger partial charge in [-0.25, -0.2) is 0 Å². The van der Waals surface area contributed by atoms with Gasteiger partial charge in [-0.3, -0.25) is 0 Å². The lowest BCUT2D eigenvalue weighted by Gasteiger charge is -2.24. The highest BCUT2D eigenvalue weighted by atomic mass is 14.5. The summed E-state index contributed by atoms with van der Waals surface area (Å²) in [7, 11) is 0. The van der Waals surface area contributed by atoms with E-state index in [9.17, 15) is 0 Å². The second-order valence-corrected chi connectivity index (χ2v) is 40.5. The van der Waals surface area contributed by atoms with Crippen molar-refractivity contribution in [3.05, 3.63) is 501 Å². The van der Waals surface area contributed by atoms with Crippen LogP contribution in [0.25, 0.3) is 134 Å². The van der Waals surface area contributed by atoms with E-state index in [1.165, 1.54) is 234 Å². The molecule has 648 valence electrons. The average molecular weight is 1710 g/mol. The molecule has 6 aliphatic rings. The number of hydrogen-bond acceptors (Lipinski definition) is 0. The van der Waals surface area contributed by atoms with Crippen molar-refractivity contribution < 1.29 is 0 Å². The summed E-state index contributed by atoms with van der Waals surface area (Å²) < 4.78 is 0. The van der Waals surface area contributed by atoms with E-state index < -0.39 is 0 Å². The lowest BCUT2D eigenvalue weighted by atomic mass is 9.79. The number of hydrogen-bond donors (Lipinski definition) is 0. The Balaban J connectivity index is 0.000000102. The van der Waals surface area contributed by atoms with Crippen LogP contribution in [0.3, 0.4) is 0 Å². The van der Waals surface area contributed by atoms with Gasteiger partial charge in [0.15, 0.2) is 0 Å². The third-order valence-corrected chi connectivity index (χ3v) is 30.0. The minimum absolute atomic E-state index is 0.0702. The SMILES string of the molecule is Cc1ccc(-c2cccc3c2-c2ccccc2C3(C)C)cc1.Cc1ccc(-c2ccccc2)c2c1C(C)(C)c1ccccc1-2.Cc1cccc(-c2cccc3c2-c2ccccc2C3(C)C)c1.Cc1cccc2c1-c1ccc(-c3ccccc3)cc1C2(C)C.Cc1ccccc1-c1ccc2c(c1)C(C)(C)c1ccccc1-2.Cc1ccccc1-c1cccc2c1-c1ccccc1C2(C)C. The summed E-state index contributed by atoms with van der Waals surface area (Å²) in [5.74, 6) is 0. The van der Waals surface area contributed by atoms with Crippen molar-refractivity contribution in [1.29, 1.82) is 0 Å². The molecule has 0 amide bonds.